The Balaban J connectivity index is 1.55. The number of pyridine rings is 1. The molecule has 2 saturated heterocycles. The van der Waals surface area contributed by atoms with Crippen molar-refractivity contribution in [1.29, 1.82) is 0 Å². The number of hydrogen-bond acceptors (Lipinski definition) is 6. The molecular weight excluding hydrogens is 374 g/mol. The van der Waals surface area contributed by atoms with E-state index < -0.39 is 0 Å². The summed E-state index contributed by atoms with van der Waals surface area (Å²) in [5.74, 6) is 0.00397. The number of thiophene rings is 1. The largest absolute Gasteiger partial charge is 0.397 e. The van der Waals surface area contributed by atoms with E-state index in [1.54, 1.807) is 7.05 Å². The van der Waals surface area contributed by atoms with Crippen molar-refractivity contribution in [2.24, 2.45) is 0 Å². The number of carbonyl (C=O) groups excluding carboxylic acids is 2. The van der Waals surface area contributed by atoms with E-state index in [9.17, 15) is 9.59 Å². The van der Waals surface area contributed by atoms with Crippen LogP contribution in [0.4, 0.5) is 5.69 Å². The molecular formula is C20H27N5O2S. The quantitative estimate of drug-likeness (QED) is 0.821. The SMILES string of the molecule is CNC(=O)c1sc2nc([C@H]3CCCN3C(=O)CN3CCCCC3)ccc2c1N. The van der Waals surface area contributed by atoms with Gasteiger partial charge in [-0.2, -0.15) is 0 Å². The number of nitrogens with two attached hydrogens (primary N) is 1. The zero-order valence-corrected chi connectivity index (χ0v) is 17.1. The van der Waals surface area contributed by atoms with E-state index in [1.807, 2.05) is 17.0 Å². The number of likely N-dealkylation sites (tertiary alicyclic amines) is 2. The number of nitrogens with one attached hydrogen (secondary N) is 1. The third kappa shape index (κ3) is 3.58. The van der Waals surface area contributed by atoms with Crippen LogP contribution in [0.2, 0.25) is 0 Å². The van der Waals surface area contributed by atoms with Crippen LogP contribution in [-0.2, 0) is 4.79 Å². The molecule has 8 heteroatoms. The zero-order chi connectivity index (χ0) is 19.7. The van der Waals surface area contributed by atoms with Crippen LogP contribution < -0.4 is 11.1 Å². The highest BCUT2D eigenvalue weighted by molar-refractivity contribution is 7.21. The van der Waals surface area contributed by atoms with Crippen LogP contribution in [0.1, 0.15) is 53.5 Å². The van der Waals surface area contributed by atoms with Crippen molar-refractivity contribution in [3.63, 3.8) is 0 Å². The average Bonchev–Trinajstić information content (AvgIpc) is 3.33. The number of aromatic nitrogens is 1. The van der Waals surface area contributed by atoms with Gasteiger partial charge in [0.15, 0.2) is 0 Å². The van der Waals surface area contributed by atoms with Crippen LogP contribution in [0.25, 0.3) is 10.2 Å². The molecule has 2 aliphatic rings. The summed E-state index contributed by atoms with van der Waals surface area (Å²) in [5, 5.41) is 3.42. The first-order valence-corrected chi connectivity index (χ1v) is 10.8. The Morgan fingerprint density at radius 3 is 2.75 bits per heavy atom. The second-order valence-electron chi connectivity index (χ2n) is 7.59. The lowest BCUT2D eigenvalue weighted by Gasteiger charge is -2.30. The van der Waals surface area contributed by atoms with Crippen LogP contribution in [0.3, 0.4) is 0 Å². The summed E-state index contributed by atoms with van der Waals surface area (Å²) in [5.41, 5.74) is 7.50. The second kappa shape index (κ2) is 8.05. The van der Waals surface area contributed by atoms with Crippen molar-refractivity contribution in [3.8, 4) is 0 Å². The minimum absolute atomic E-state index is 0.00784. The standard InChI is InChI=1S/C20H27N5O2S/c1-22-19(27)18-17(21)13-7-8-14(23-20(13)28-18)15-6-5-11-25(15)16(26)12-24-9-3-2-4-10-24/h7-8,15H,2-6,9-12,21H2,1H3,(H,22,27)/t15-/m1/s1. The average molecular weight is 402 g/mol. The van der Waals surface area contributed by atoms with E-state index >= 15 is 0 Å². The number of nitrogens with zero attached hydrogens (tertiary/aromatic N) is 3. The van der Waals surface area contributed by atoms with Gasteiger partial charge >= 0.3 is 0 Å². The van der Waals surface area contributed by atoms with E-state index in [4.69, 9.17) is 10.7 Å². The van der Waals surface area contributed by atoms with Gasteiger partial charge in [0.2, 0.25) is 5.91 Å². The highest BCUT2D eigenvalue weighted by atomic mass is 32.1. The predicted octanol–water partition coefficient (Wildman–Crippen LogP) is 2.39. The number of anilines is 1. The van der Waals surface area contributed by atoms with Crippen molar-refractivity contribution in [2.45, 2.75) is 38.1 Å². The Hall–Kier alpha value is -2.19. The van der Waals surface area contributed by atoms with Gasteiger partial charge < -0.3 is 16.0 Å². The highest BCUT2D eigenvalue weighted by Crippen LogP contribution is 2.36. The monoisotopic (exact) mass is 401 g/mol. The molecule has 1 atom stereocenters. The van der Waals surface area contributed by atoms with Crippen molar-refractivity contribution in [2.75, 3.05) is 39.0 Å². The molecule has 28 heavy (non-hydrogen) atoms. The summed E-state index contributed by atoms with van der Waals surface area (Å²) in [6, 6.07) is 3.89. The molecule has 150 valence electrons. The first kappa shape index (κ1) is 19.1. The molecule has 4 heterocycles. The summed E-state index contributed by atoms with van der Waals surface area (Å²) in [6.45, 7) is 3.33. The lowest BCUT2D eigenvalue weighted by atomic mass is 10.1. The number of fused-ring (bicyclic) bond motifs is 1. The molecule has 2 amide bonds. The van der Waals surface area contributed by atoms with Gasteiger partial charge in [0.25, 0.3) is 5.91 Å². The number of rotatable bonds is 4. The van der Waals surface area contributed by atoms with Crippen molar-refractivity contribution >= 4 is 39.1 Å². The molecule has 7 nitrogen and oxygen atoms in total. The van der Waals surface area contributed by atoms with Gasteiger partial charge in [0.05, 0.1) is 24.0 Å². The maximum absolute atomic E-state index is 12.9. The van der Waals surface area contributed by atoms with Crippen LogP contribution in [0, 0.1) is 0 Å². The predicted molar refractivity (Wildman–Crippen MR) is 111 cm³/mol. The number of hydrogen-bond donors (Lipinski definition) is 2. The van der Waals surface area contributed by atoms with Gasteiger partial charge in [-0.3, -0.25) is 14.5 Å². The molecule has 4 rings (SSSR count). The van der Waals surface area contributed by atoms with E-state index in [2.05, 4.69) is 10.2 Å². The van der Waals surface area contributed by atoms with Crippen molar-refractivity contribution in [1.82, 2.24) is 20.1 Å². The van der Waals surface area contributed by atoms with Gasteiger partial charge in [-0.25, -0.2) is 4.98 Å². The molecule has 2 fully saturated rings. The molecule has 0 spiro atoms. The molecule has 2 aromatic rings. The third-order valence-electron chi connectivity index (χ3n) is 5.77. The molecule has 2 aromatic heterocycles. The zero-order valence-electron chi connectivity index (χ0n) is 16.2. The van der Waals surface area contributed by atoms with Crippen molar-refractivity contribution in [3.05, 3.63) is 22.7 Å². The number of carbonyl (C=O) groups is 2. The van der Waals surface area contributed by atoms with Gasteiger partial charge in [-0.05, 0) is 50.9 Å². The third-order valence-corrected chi connectivity index (χ3v) is 6.88. The lowest BCUT2D eigenvalue weighted by molar-refractivity contribution is -0.133. The fourth-order valence-corrected chi connectivity index (χ4v) is 5.30. The van der Waals surface area contributed by atoms with E-state index in [1.165, 1.54) is 30.6 Å². The molecule has 0 saturated carbocycles. The summed E-state index contributed by atoms with van der Waals surface area (Å²) in [4.78, 5) is 35.2. The number of piperidine rings is 1. The van der Waals surface area contributed by atoms with Gasteiger partial charge in [-0.15, -0.1) is 11.3 Å². The summed E-state index contributed by atoms with van der Waals surface area (Å²) >= 11 is 1.31. The van der Waals surface area contributed by atoms with Gasteiger partial charge in [-0.1, -0.05) is 6.42 Å². The Morgan fingerprint density at radius 1 is 1.21 bits per heavy atom. The number of nitrogen functional groups attached to an aromatic ring is 1. The fourth-order valence-electron chi connectivity index (χ4n) is 4.25. The maximum Gasteiger partial charge on any atom is 0.263 e. The Kier molecular flexibility index (Phi) is 5.50. The molecule has 0 unspecified atom stereocenters. The Morgan fingerprint density at radius 2 is 2.00 bits per heavy atom. The number of amides is 2. The summed E-state index contributed by atoms with van der Waals surface area (Å²) in [6.07, 6.45) is 5.55. The minimum atomic E-state index is -0.193. The Bertz CT molecular complexity index is 890. The lowest BCUT2D eigenvalue weighted by Crippen LogP contribution is -2.42. The normalized spacial score (nSPS) is 20.6. The Labute approximate surface area is 168 Å². The van der Waals surface area contributed by atoms with Crippen LogP contribution in [0.15, 0.2) is 12.1 Å². The molecule has 0 aliphatic carbocycles. The molecule has 3 N–H and O–H groups in total. The van der Waals surface area contributed by atoms with Crippen molar-refractivity contribution < 1.29 is 9.59 Å². The summed E-state index contributed by atoms with van der Waals surface area (Å²) < 4.78 is 0. The van der Waals surface area contributed by atoms with E-state index in [-0.39, 0.29) is 17.9 Å². The smallest absolute Gasteiger partial charge is 0.263 e. The molecule has 0 radical (unpaired) electrons. The minimum Gasteiger partial charge on any atom is -0.397 e. The first-order valence-electron chi connectivity index (χ1n) is 10.0. The fraction of sp³-hybridized carbons (Fsp3) is 0.550. The highest BCUT2D eigenvalue weighted by Gasteiger charge is 2.32. The summed E-state index contributed by atoms with van der Waals surface area (Å²) in [7, 11) is 1.59. The first-order chi connectivity index (χ1) is 13.6. The van der Waals surface area contributed by atoms with Crippen LogP contribution in [0.5, 0.6) is 0 Å². The second-order valence-corrected chi connectivity index (χ2v) is 8.59. The van der Waals surface area contributed by atoms with Gasteiger partial charge in [0.1, 0.15) is 9.71 Å². The maximum atomic E-state index is 12.9. The molecule has 0 bridgehead atoms. The molecule has 2 aliphatic heterocycles. The van der Waals surface area contributed by atoms with E-state index in [0.717, 1.165) is 48.4 Å². The topological polar surface area (TPSA) is 91.6 Å². The van der Waals surface area contributed by atoms with Crippen LogP contribution >= 0.6 is 11.3 Å². The van der Waals surface area contributed by atoms with Gasteiger partial charge in [0, 0.05) is 19.0 Å². The molecule has 0 aromatic carbocycles. The van der Waals surface area contributed by atoms with Crippen LogP contribution in [-0.4, -0.2) is 59.8 Å². The van der Waals surface area contributed by atoms with E-state index in [0.29, 0.717) is 17.1 Å².